The van der Waals surface area contributed by atoms with Gasteiger partial charge in [0.1, 0.15) is 0 Å². The van der Waals surface area contributed by atoms with E-state index in [0.717, 1.165) is 0 Å². The lowest BCUT2D eigenvalue weighted by Crippen LogP contribution is -2.43. The first-order valence-electron chi connectivity index (χ1n) is 3.85. The first kappa shape index (κ1) is 10.3. The summed E-state index contributed by atoms with van der Waals surface area (Å²) in [6.07, 6.45) is -5.50. The van der Waals surface area contributed by atoms with Crippen LogP contribution >= 0.6 is 0 Å². The highest BCUT2D eigenvalue weighted by Gasteiger charge is 2.63. The predicted molar refractivity (Wildman–Crippen MR) is 38.0 cm³/mol. The zero-order chi connectivity index (χ0) is 10.3. The van der Waals surface area contributed by atoms with Crippen molar-refractivity contribution in [3.63, 3.8) is 0 Å². The smallest absolute Gasteiger partial charge is 0.404 e. The zero-order valence-corrected chi connectivity index (χ0v) is 6.77. The van der Waals surface area contributed by atoms with Crippen LogP contribution in [0.15, 0.2) is 0 Å². The Labute approximate surface area is 72.7 Å². The number of halogens is 3. The minimum atomic E-state index is -4.70. The largest absolute Gasteiger partial charge is 0.481 e. The van der Waals surface area contributed by atoms with E-state index in [1.165, 1.54) is 0 Å². The number of hydrogen-bond donors (Lipinski definition) is 2. The van der Waals surface area contributed by atoms with Crippen molar-refractivity contribution in [3.05, 3.63) is 0 Å². The van der Waals surface area contributed by atoms with Crippen molar-refractivity contribution >= 4 is 5.97 Å². The van der Waals surface area contributed by atoms with E-state index >= 15 is 0 Å². The van der Waals surface area contributed by atoms with Gasteiger partial charge in [-0.15, -0.1) is 0 Å². The van der Waals surface area contributed by atoms with Crippen molar-refractivity contribution in [1.29, 1.82) is 0 Å². The van der Waals surface area contributed by atoms with Crippen LogP contribution in [0.3, 0.4) is 0 Å². The molecule has 76 valence electrons. The quantitative estimate of drug-likeness (QED) is 0.662. The SMILES string of the molecule is N[C@H]1CC[C@](C(=O)O)(C(F)(F)F)C1. The summed E-state index contributed by atoms with van der Waals surface area (Å²) >= 11 is 0. The van der Waals surface area contributed by atoms with Crippen molar-refractivity contribution in [2.24, 2.45) is 11.1 Å². The van der Waals surface area contributed by atoms with Crippen LogP contribution in [0, 0.1) is 5.41 Å². The van der Waals surface area contributed by atoms with Gasteiger partial charge in [0.2, 0.25) is 0 Å². The number of hydrogen-bond acceptors (Lipinski definition) is 2. The molecular weight excluding hydrogens is 187 g/mol. The second-order valence-electron chi connectivity index (χ2n) is 3.39. The summed E-state index contributed by atoms with van der Waals surface area (Å²) in [5.74, 6) is -1.81. The average Bonchev–Trinajstić information content (AvgIpc) is 2.30. The maximum atomic E-state index is 12.4. The third kappa shape index (κ3) is 1.50. The topological polar surface area (TPSA) is 63.3 Å². The second kappa shape index (κ2) is 2.87. The molecule has 1 aliphatic rings. The molecule has 1 saturated carbocycles. The Morgan fingerprint density at radius 3 is 2.23 bits per heavy atom. The standard InChI is InChI=1S/C7H10F3NO2/c8-7(9,10)6(5(12)13)2-1-4(11)3-6/h4H,1-3,11H2,(H,12,13)/t4-,6-/m0/s1. The number of alkyl halides is 3. The van der Waals surface area contributed by atoms with E-state index in [0.29, 0.717) is 0 Å². The minimum Gasteiger partial charge on any atom is -0.481 e. The summed E-state index contributed by atoms with van der Waals surface area (Å²) in [5, 5.41) is 8.54. The van der Waals surface area contributed by atoms with Gasteiger partial charge in [-0.2, -0.15) is 13.2 Å². The molecule has 13 heavy (non-hydrogen) atoms. The van der Waals surface area contributed by atoms with E-state index in [9.17, 15) is 18.0 Å². The van der Waals surface area contributed by atoms with Crippen LogP contribution in [-0.2, 0) is 4.79 Å². The lowest BCUT2D eigenvalue weighted by molar-refractivity contribution is -0.230. The van der Waals surface area contributed by atoms with Crippen molar-refractivity contribution in [2.45, 2.75) is 31.5 Å². The summed E-state index contributed by atoms with van der Waals surface area (Å²) in [7, 11) is 0. The molecule has 0 radical (unpaired) electrons. The molecule has 0 amide bonds. The predicted octanol–water partition coefficient (Wildman–Crippen LogP) is 1.13. The summed E-state index contributed by atoms with van der Waals surface area (Å²) in [5.41, 5.74) is 2.68. The molecule has 2 atom stereocenters. The molecule has 0 heterocycles. The van der Waals surface area contributed by atoms with Gasteiger partial charge < -0.3 is 10.8 Å². The van der Waals surface area contributed by atoms with E-state index in [2.05, 4.69) is 0 Å². The number of aliphatic carboxylic acids is 1. The van der Waals surface area contributed by atoms with Crippen LogP contribution in [-0.4, -0.2) is 23.3 Å². The highest BCUT2D eigenvalue weighted by molar-refractivity contribution is 5.76. The average molecular weight is 197 g/mol. The van der Waals surface area contributed by atoms with E-state index < -0.39 is 36.4 Å². The van der Waals surface area contributed by atoms with Gasteiger partial charge in [0.15, 0.2) is 5.41 Å². The molecule has 3 N–H and O–H groups in total. The Morgan fingerprint density at radius 1 is 1.54 bits per heavy atom. The second-order valence-corrected chi connectivity index (χ2v) is 3.39. The Hall–Kier alpha value is -0.780. The monoisotopic (exact) mass is 197 g/mol. The summed E-state index contributed by atoms with van der Waals surface area (Å²) in [6.45, 7) is 0. The Kier molecular flexibility index (Phi) is 2.27. The molecule has 0 aliphatic heterocycles. The third-order valence-electron chi connectivity index (χ3n) is 2.50. The molecule has 0 aromatic carbocycles. The summed E-state index contributed by atoms with van der Waals surface area (Å²) in [4.78, 5) is 10.5. The number of nitrogens with two attached hydrogens (primary N) is 1. The van der Waals surface area contributed by atoms with Crippen molar-refractivity contribution < 1.29 is 23.1 Å². The number of carbonyl (C=O) groups is 1. The van der Waals surface area contributed by atoms with E-state index in [1.54, 1.807) is 0 Å². The zero-order valence-electron chi connectivity index (χ0n) is 6.77. The maximum absolute atomic E-state index is 12.4. The van der Waals surface area contributed by atoms with Crippen molar-refractivity contribution in [3.8, 4) is 0 Å². The highest BCUT2D eigenvalue weighted by atomic mass is 19.4. The van der Waals surface area contributed by atoms with Gasteiger partial charge in [-0.1, -0.05) is 0 Å². The molecule has 0 saturated heterocycles. The molecule has 0 aromatic heterocycles. The molecule has 0 aromatic rings. The fraction of sp³-hybridized carbons (Fsp3) is 0.857. The molecule has 0 spiro atoms. The molecule has 1 rings (SSSR count). The maximum Gasteiger partial charge on any atom is 0.404 e. The first-order valence-corrected chi connectivity index (χ1v) is 3.85. The number of carboxylic acid groups (broad SMARTS) is 1. The molecule has 6 heteroatoms. The van der Waals surface area contributed by atoms with Gasteiger partial charge in [-0.3, -0.25) is 4.79 Å². The Morgan fingerprint density at radius 2 is 2.08 bits per heavy atom. The van der Waals surface area contributed by atoms with Gasteiger partial charge in [0.25, 0.3) is 0 Å². The molecule has 0 bridgehead atoms. The van der Waals surface area contributed by atoms with Gasteiger partial charge >= 0.3 is 12.1 Å². The number of carboxylic acids is 1. The van der Waals surface area contributed by atoms with Crippen LogP contribution < -0.4 is 5.73 Å². The lowest BCUT2D eigenvalue weighted by atomic mass is 9.85. The summed E-state index contributed by atoms with van der Waals surface area (Å²) in [6, 6.07) is -0.655. The van der Waals surface area contributed by atoms with E-state index in [-0.39, 0.29) is 6.42 Å². The summed E-state index contributed by atoms with van der Waals surface area (Å²) < 4.78 is 37.2. The molecular formula is C7H10F3NO2. The molecule has 1 fully saturated rings. The van der Waals surface area contributed by atoms with Gasteiger partial charge in [0.05, 0.1) is 0 Å². The van der Waals surface area contributed by atoms with Crippen LogP contribution in [0.2, 0.25) is 0 Å². The Bertz CT molecular complexity index is 228. The Balaban J connectivity index is 2.97. The molecule has 3 nitrogen and oxygen atoms in total. The fourth-order valence-electron chi connectivity index (χ4n) is 1.66. The van der Waals surface area contributed by atoms with E-state index in [1.807, 2.05) is 0 Å². The minimum absolute atomic E-state index is 0.117. The van der Waals surface area contributed by atoms with Gasteiger partial charge in [-0.05, 0) is 19.3 Å². The van der Waals surface area contributed by atoms with Crippen LogP contribution in [0.25, 0.3) is 0 Å². The highest BCUT2D eigenvalue weighted by Crippen LogP contribution is 2.50. The molecule has 0 unspecified atom stereocenters. The van der Waals surface area contributed by atoms with Crippen molar-refractivity contribution in [1.82, 2.24) is 0 Å². The van der Waals surface area contributed by atoms with Crippen LogP contribution in [0.5, 0.6) is 0 Å². The van der Waals surface area contributed by atoms with Gasteiger partial charge in [0, 0.05) is 6.04 Å². The fourth-order valence-corrected chi connectivity index (χ4v) is 1.66. The van der Waals surface area contributed by atoms with Crippen LogP contribution in [0.4, 0.5) is 13.2 Å². The normalized spacial score (nSPS) is 34.9. The first-order chi connectivity index (χ1) is 5.79. The van der Waals surface area contributed by atoms with Crippen LogP contribution in [0.1, 0.15) is 19.3 Å². The number of rotatable bonds is 1. The third-order valence-corrected chi connectivity index (χ3v) is 2.50. The lowest BCUT2D eigenvalue weighted by Gasteiger charge is -2.26. The molecule has 1 aliphatic carbocycles. The van der Waals surface area contributed by atoms with E-state index in [4.69, 9.17) is 10.8 Å². The van der Waals surface area contributed by atoms with Crippen molar-refractivity contribution in [2.75, 3.05) is 0 Å². The van der Waals surface area contributed by atoms with Gasteiger partial charge in [-0.25, -0.2) is 0 Å².